The van der Waals surface area contributed by atoms with E-state index >= 15 is 0 Å². The van der Waals surface area contributed by atoms with Crippen LogP contribution in [0.3, 0.4) is 0 Å². The van der Waals surface area contributed by atoms with Crippen molar-refractivity contribution in [1.29, 1.82) is 0 Å². The van der Waals surface area contributed by atoms with Crippen LogP contribution < -0.4 is 10.6 Å². The average molecular weight is 311 g/mol. The molecule has 118 valence electrons. The van der Waals surface area contributed by atoms with Crippen LogP contribution in [0.1, 0.15) is 55.1 Å². The van der Waals surface area contributed by atoms with Crippen molar-refractivity contribution >= 4 is 22.4 Å². The smallest absolute Gasteiger partial charge is 0.263 e. The van der Waals surface area contributed by atoms with Crippen molar-refractivity contribution in [2.45, 2.75) is 51.5 Å². The molecule has 3 N–H and O–H groups in total. The van der Waals surface area contributed by atoms with Crippen molar-refractivity contribution in [3.05, 3.63) is 11.1 Å². The van der Waals surface area contributed by atoms with E-state index in [1.807, 2.05) is 6.92 Å². The minimum absolute atomic E-state index is 0.0688. The Morgan fingerprint density at radius 3 is 2.90 bits per heavy atom. The second-order valence-electron chi connectivity index (χ2n) is 5.55. The Kier molecular flexibility index (Phi) is 6.45. The molecule has 1 aromatic rings. The number of nitrogens with zero attached hydrogens (tertiary/aromatic N) is 1. The number of aromatic nitrogens is 1. The molecule has 0 bridgehead atoms. The molecule has 1 fully saturated rings. The van der Waals surface area contributed by atoms with Crippen molar-refractivity contribution in [2.75, 3.05) is 18.5 Å². The first-order valence-corrected chi connectivity index (χ1v) is 8.67. The summed E-state index contributed by atoms with van der Waals surface area (Å²) in [6.45, 7) is 2.91. The van der Waals surface area contributed by atoms with Gasteiger partial charge < -0.3 is 15.7 Å². The van der Waals surface area contributed by atoms with Gasteiger partial charge in [0.2, 0.25) is 0 Å². The number of aliphatic hydroxyl groups excluding tert-OH is 1. The van der Waals surface area contributed by atoms with E-state index < -0.39 is 0 Å². The van der Waals surface area contributed by atoms with Crippen LogP contribution in [-0.2, 0) is 0 Å². The molecule has 0 radical (unpaired) electrons. The first-order valence-electron chi connectivity index (χ1n) is 7.86. The van der Waals surface area contributed by atoms with Gasteiger partial charge in [-0.3, -0.25) is 4.79 Å². The highest BCUT2D eigenvalue weighted by atomic mass is 32.1. The number of hydrogen-bond acceptors (Lipinski definition) is 5. The van der Waals surface area contributed by atoms with Crippen LogP contribution in [0.25, 0.3) is 0 Å². The minimum Gasteiger partial charge on any atom is -0.396 e. The fourth-order valence-electron chi connectivity index (χ4n) is 2.95. The predicted molar refractivity (Wildman–Crippen MR) is 85.8 cm³/mol. The van der Waals surface area contributed by atoms with Gasteiger partial charge in [0.15, 0.2) is 5.13 Å². The molecule has 1 aliphatic carbocycles. The van der Waals surface area contributed by atoms with Crippen molar-refractivity contribution in [3.63, 3.8) is 0 Å². The summed E-state index contributed by atoms with van der Waals surface area (Å²) in [6.07, 6.45) is 8.30. The number of nitrogens with one attached hydrogen (secondary N) is 2. The Balaban J connectivity index is 1.95. The monoisotopic (exact) mass is 311 g/mol. The van der Waals surface area contributed by atoms with Crippen molar-refractivity contribution in [1.82, 2.24) is 10.3 Å². The van der Waals surface area contributed by atoms with Crippen LogP contribution in [0.15, 0.2) is 6.20 Å². The highest BCUT2D eigenvalue weighted by Crippen LogP contribution is 2.28. The van der Waals surface area contributed by atoms with E-state index in [4.69, 9.17) is 0 Å². The van der Waals surface area contributed by atoms with Gasteiger partial charge >= 0.3 is 0 Å². The lowest BCUT2D eigenvalue weighted by Crippen LogP contribution is -2.41. The van der Waals surface area contributed by atoms with E-state index in [2.05, 4.69) is 15.6 Å². The second-order valence-corrected chi connectivity index (χ2v) is 6.58. The molecule has 1 aromatic heterocycles. The fraction of sp³-hybridized carbons (Fsp3) is 0.733. The molecule has 21 heavy (non-hydrogen) atoms. The third-order valence-corrected chi connectivity index (χ3v) is 4.99. The number of amides is 1. The molecule has 0 saturated heterocycles. The van der Waals surface area contributed by atoms with E-state index in [0.29, 0.717) is 17.2 Å². The maximum atomic E-state index is 12.3. The summed E-state index contributed by atoms with van der Waals surface area (Å²) >= 11 is 1.38. The quantitative estimate of drug-likeness (QED) is 0.724. The van der Waals surface area contributed by atoms with Gasteiger partial charge in [0.1, 0.15) is 4.88 Å². The van der Waals surface area contributed by atoms with Gasteiger partial charge in [0.05, 0.1) is 6.20 Å². The van der Waals surface area contributed by atoms with Crippen LogP contribution in [0.5, 0.6) is 0 Å². The number of anilines is 1. The first-order chi connectivity index (χ1) is 10.2. The summed E-state index contributed by atoms with van der Waals surface area (Å²) in [6, 6.07) is 0.0764. The molecular formula is C15H25N3O2S. The lowest BCUT2D eigenvalue weighted by Gasteiger charge is -2.30. The number of hydrogen-bond donors (Lipinski definition) is 3. The SMILES string of the molecule is CCNc1ncc(C(=O)NC(CCO)C2CCCCC2)s1. The fourth-order valence-corrected chi connectivity index (χ4v) is 3.74. The molecule has 0 aliphatic heterocycles. The van der Waals surface area contributed by atoms with Crippen molar-refractivity contribution in [2.24, 2.45) is 5.92 Å². The van der Waals surface area contributed by atoms with Gasteiger partial charge in [-0.05, 0) is 32.1 Å². The molecule has 1 amide bonds. The van der Waals surface area contributed by atoms with E-state index in [1.54, 1.807) is 6.20 Å². The molecule has 1 heterocycles. The Morgan fingerprint density at radius 2 is 2.24 bits per heavy atom. The third-order valence-electron chi connectivity index (χ3n) is 4.03. The molecule has 6 heteroatoms. The highest BCUT2D eigenvalue weighted by molar-refractivity contribution is 7.17. The molecule has 1 aliphatic rings. The van der Waals surface area contributed by atoms with Crippen molar-refractivity contribution < 1.29 is 9.90 Å². The van der Waals surface area contributed by atoms with E-state index in [1.165, 1.54) is 30.6 Å². The van der Waals surface area contributed by atoms with Crippen LogP contribution >= 0.6 is 11.3 Å². The first kappa shape index (κ1) is 16.2. The molecular weight excluding hydrogens is 286 g/mol. The van der Waals surface area contributed by atoms with Gasteiger partial charge in [-0.2, -0.15) is 0 Å². The molecule has 2 rings (SSSR count). The van der Waals surface area contributed by atoms with Gasteiger partial charge in [-0.15, -0.1) is 0 Å². The summed E-state index contributed by atoms with van der Waals surface area (Å²) in [5.41, 5.74) is 0. The molecule has 1 unspecified atom stereocenters. The molecule has 1 atom stereocenters. The topological polar surface area (TPSA) is 74.2 Å². The summed E-state index contributed by atoms with van der Waals surface area (Å²) in [4.78, 5) is 17.2. The lowest BCUT2D eigenvalue weighted by atomic mass is 9.82. The maximum Gasteiger partial charge on any atom is 0.263 e. The summed E-state index contributed by atoms with van der Waals surface area (Å²) in [5.74, 6) is 0.427. The molecule has 0 spiro atoms. The maximum absolute atomic E-state index is 12.3. The van der Waals surface area contributed by atoms with E-state index in [-0.39, 0.29) is 18.6 Å². The lowest BCUT2D eigenvalue weighted by molar-refractivity contribution is 0.0903. The van der Waals surface area contributed by atoms with Crippen LogP contribution in [0, 0.1) is 5.92 Å². The largest absolute Gasteiger partial charge is 0.396 e. The molecule has 0 aromatic carbocycles. The average Bonchev–Trinajstić information content (AvgIpc) is 2.97. The summed E-state index contributed by atoms with van der Waals surface area (Å²) in [7, 11) is 0. The van der Waals surface area contributed by atoms with Gasteiger partial charge in [-0.25, -0.2) is 4.98 Å². The highest BCUT2D eigenvalue weighted by Gasteiger charge is 2.25. The van der Waals surface area contributed by atoms with Crippen LogP contribution in [0.2, 0.25) is 0 Å². The molecule has 5 nitrogen and oxygen atoms in total. The predicted octanol–water partition coefficient (Wildman–Crippen LogP) is 2.64. The molecule has 1 saturated carbocycles. The summed E-state index contributed by atoms with van der Waals surface area (Å²) in [5, 5.41) is 16.2. The van der Waals surface area contributed by atoms with Crippen LogP contribution in [-0.4, -0.2) is 35.2 Å². The van der Waals surface area contributed by atoms with Crippen LogP contribution in [0.4, 0.5) is 5.13 Å². The zero-order valence-electron chi connectivity index (χ0n) is 12.6. The number of rotatable bonds is 7. The Morgan fingerprint density at radius 1 is 1.48 bits per heavy atom. The van der Waals surface area contributed by atoms with E-state index in [0.717, 1.165) is 24.5 Å². The third kappa shape index (κ3) is 4.68. The number of aliphatic hydroxyl groups is 1. The number of thiazole rings is 1. The van der Waals surface area contributed by atoms with Gasteiger partial charge in [0, 0.05) is 19.2 Å². The Bertz CT molecular complexity index is 444. The normalized spacial score (nSPS) is 17.4. The zero-order chi connectivity index (χ0) is 15.1. The Hall–Kier alpha value is -1.14. The number of carbonyl (C=O) groups is 1. The van der Waals surface area contributed by atoms with Gasteiger partial charge in [-0.1, -0.05) is 30.6 Å². The second kappa shape index (κ2) is 8.34. The number of carbonyl (C=O) groups excluding carboxylic acids is 1. The summed E-state index contributed by atoms with van der Waals surface area (Å²) < 4.78 is 0. The van der Waals surface area contributed by atoms with Gasteiger partial charge in [0.25, 0.3) is 5.91 Å². The van der Waals surface area contributed by atoms with Crippen molar-refractivity contribution in [3.8, 4) is 0 Å². The minimum atomic E-state index is -0.0688. The Labute approximate surface area is 130 Å². The zero-order valence-corrected chi connectivity index (χ0v) is 13.4. The van der Waals surface area contributed by atoms with E-state index in [9.17, 15) is 9.90 Å². The standard InChI is InChI=1S/C15H25N3O2S/c1-2-16-15-17-10-13(21-15)14(20)18-12(8-9-19)11-6-4-3-5-7-11/h10-12,19H,2-9H2,1H3,(H,16,17)(H,18,20).